The highest BCUT2D eigenvalue weighted by Crippen LogP contribution is 2.32. The van der Waals surface area contributed by atoms with Gasteiger partial charge in [-0.25, -0.2) is 4.98 Å². The smallest absolute Gasteiger partial charge is 0.389 e. The maximum Gasteiger partial charge on any atom is 0.434 e. The van der Waals surface area contributed by atoms with Crippen molar-refractivity contribution in [3.8, 4) is 6.07 Å². The van der Waals surface area contributed by atoms with Crippen LogP contribution >= 0.6 is 11.3 Å². The van der Waals surface area contributed by atoms with Crippen LogP contribution in [0.5, 0.6) is 0 Å². The van der Waals surface area contributed by atoms with Crippen molar-refractivity contribution >= 4 is 11.3 Å². The van der Waals surface area contributed by atoms with Gasteiger partial charge in [0.25, 0.3) is 0 Å². The number of nitriles is 1. The Morgan fingerprint density at radius 2 is 2.12 bits per heavy atom. The fourth-order valence-corrected chi connectivity index (χ4v) is 1.79. The summed E-state index contributed by atoms with van der Waals surface area (Å²) in [5.41, 5.74) is -1.12. The normalized spacial score (nSPS) is 15.5. The van der Waals surface area contributed by atoms with Crippen LogP contribution in [0.25, 0.3) is 0 Å². The molecule has 0 aliphatic heterocycles. The van der Waals surface area contributed by atoms with E-state index in [1.54, 1.807) is 6.07 Å². The number of halogens is 3. The minimum atomic E-state index is -4.57. The number of rotatable bonds is 3. The summed E-state index contributed by atoms with van der Waals surface area (Å²) < 4.78 is 36.5. The van der Waals surface area contributed by atoms with Crippen LogP contribution in [-0.2, 0) is 6.18 Å². The number of aliphatic hydroxyl groups is 2. The van der Waals surface area contributed by atoms with E-state index in [2.05, 4.69) is 4.98 Å². The molecule has 4 nitrogen and oxygen atoms in total. The van der Waals surface area contributed by atoms with Gasteiger partial charge in [0, 0.05) is 5.38 Å². The van der Waals surface area contributed by atoms with Crippen molar-refractivity contribution in [1.29, 1.82) is 5.26 Å². The zero-order valence-corrected chi connectivity index (χ0v) is 8.59. The van der Waals surface area contributed by atoms with Crippen LogP contribution in [0, 0.1) is 11.3 Å². The van der Waals surface area contributed by atoms with E-state index < -0.39 is 24.1 Å². The Balaban J connectivity index is 2.83. The first-order chi connectivity index (χ1) is 7.36. The molecule has 2 unspecified atom stereocenters. The Hall–Kier alpha value is -1.17. The highest BCUT2D eigenvalue weighted by atomic mass is 32.1. The third-order valence-electron chi connectivity index (χ3n) is 1.73. The van der Waals surface area contributed by atoms with Gasteiger partial charge >= 0.3 is 6.18 Å². The molecular formula is C8H7F3N2O2S. The van der Waals surface area contributed by atoms with E-state index in [-0.39, 0.29) is 11.4 Å². The van der Waals surface area contributed by atoms with Gasteiger partial charge in [0.15, 0.2) is 5.69 Å². The highest BCUT2D eigenvalue weighted by Gasteiger charge is 2.35. The van der Waals surface area contributed by atoms with Gasteiger partial charge in [0.05, 0.1) is 18.6 Å². The van der Waals surface area contributed by atoms with Crippen LogP contribution in [0.1, 0.15) is 23.2 Å². The molecule has 0 amide bonds. The summed E-state index contributed by atoms with van der Waals surface area (Å²) in [4.78, 5) is 3.16. The van der Waals surface area contributed by atoms with E-state index in [0.29, 0.717) is 11.3 Å². The number of hydrogen-bond donors (Lipinski definition) is 2. The zero-order chi connectivity index (χ0) is 12.3. The molecule has 1 rings (SSSR count). The molecule has 0 aromatic carbocycles. The van der Waals surface area contributed by atoms with E-state index >= 15 is 0 Å². The van der Waals surface area contributed by atoms with Crippen LogP contribution in [0.15, 0.2) is 5.38 Å². The van der Waals surface area contributed by atoms with Gasteiger partial charge in [0.2, 0.25) is 0 Å². The summed E-state index contributed by atoms with van der Waals surface area (Å²) in [6.07, 6.45) is -7.95. The van der Waals surface area contributed by atoms with Gasteiger partial charge in [-0.1, -0.05) is 0 Å². The molecular weight excluding hydrogens is 245 g/mol. The number of nitrogens with zero attached hydrogens (tertiary/aromatic N) is 2. The topological polar surface area (TPSA) is 77.1 Å². The number of alkyl halides is 3. The molecule has 88 valence electrons. The number of hydrogen-bond acceptors (Lipinski definition) is 5. The predicted molar refractivity (Wildman–Crippen MR) is 48.3 cm³/mol. The molecule has 0 aliphatic carbocycles. The van der Waals surface area contributed by atoms with Crippen molar-refractivity contribution in [1.82, 2.24) is 4.98 Å². The van der Waals surface area contributed by atoms with Gasteiger partial charge in [-0.2, -0.15) is 18.4 Å². The average Bonchev–Trinajstić information content (AvgIpc) is 2.65. The van der Waals surface area contributed by atoms with Crippen molar-refractivity contribution in [2.24, 2.45) is 0 Å². The molecule has 0 fully saturated rings. The lowest BCUT2D eigenvalue weighted by molar-refractivity contribution is -0.141. The standard InChI is InChI=1S/C8H7F3N2O2S/c9-8(10,11)5-3-16-7(13-5)6(15)4(14)1-2-12/h3-4,6,14-15H,1H2. The summed E-state index contributed by atoms with van der Waals surface area (Å²) >= 11 is 0.588. The van der Waals surface area contributed by atoms with E-state index in [9.17, 15) is 23.4 Å². The van der Waals surface area contributed by atoms with Crippen molar-refractivity contribution in [2.45, 2.75) is 24.8 Å². The van der Waals surface area contributed by atoms with Crippen molar-refractivity contribution in [3.05, 3.63) is 16.1 Å². The summed E-state index contributed by atoms with van der Waals surface area (Å²) in [6, 6.07) is 1.60. The van der Waals surface area contributed by atoms with Gasteiger partial charge in [-0.05, 0) is 0 Å². The lowest BCUT2D eigenvalue weighted by Gasteiger charge is -2.11. The maximum atomic E-state index is 12.2. The molecule has 2 N–H and O–H groups in total. The Labute approximate surface area is 92.6 Å². The molecule has 2 atom stereocenters. The van der Waals surface area contributed by atoms with Crippen molar-refractivity contribution in [3.63, 3.8) is 0 Å². The molecule has 1 heterocycles. The third-order valence-corrected chi connectivity index (χ3v) is 2.65. The van der Waals surface area contributed by atoms with Gasteiger partial charge in [-0.3, -0.25) is 0 Å². The van der Waals surface area contributed by atoms with Crippen LogP contribution in [0.3, 0.4) is 0 Å². The SMILES string of the molecule is N#CCC(O)C(O)c1nc(C(F)(F)F)cs1. The summed E-state index contributed by atoms with van der Waals surface area (Å²) in [6.45, 7) is 0. The number of thiazole rings is 1. The Kier molecular flexibility index (Phi) is 3.85. The fraction of sp³-hybridized carbons (Fsp3) is 0.500. The lowest BCUT2D eigenvalue weighted by atomic mass is 10.1. The Morgan fingerprint density at radius 1 is 1.50 bits per heavy atom. The molecule has 16 heavy (non-hydrogen) atoms. The minimum Gasteiger partial charge on any atom is -0.389 e. The third kappa shape index (κ3) is 2.91. The van der Waals surface area contributed by atoms with Gasteiger partial charge in [-0.15, -0.1) is 11.3 Å². The first-order valence-electron chi connectivity index (χ1n) is 4.12. The number of aliphatic hydroxyl groups excluding tert-OH is 2. The largest absolute Gasteiger partial charge is 0.434 e. The Morgan fingerprint density at radius 3 is 2.56 bits per heavy atom. The monoisotopic (exact) mass is 252 g/mol. The quantitative estimate of drug-likeness (QED) is 0.854. The molecule has 0 saturated carbocycles. The summed E-state index contributed by atoms with van der Waals surface area (Å²) in [5, 5.41) is 27.3. The first-order valence-corrected chi connectivity index (χ1v) is 5.00. The Bertz CT molecular complexity index is 399. The second kappa shape index (κ2) is 4.78. The van der Waals surface area contributed by atoms with Crippen LogP contribution in [0.4, 0.5) is 13.2 Å². The second-order valence-electron chi connectivity index (χ2n) is 2.94. The lowest BCUT2D eigenvalue weighted by Crippen LogP contribution is -2.17. The van der Waals surface area contributed by atoms with E-state index in [4.69, 9.17) is 5.26 Å². The fourth-order valence-electron chi connectivity index (χ4n) is 0.923. The van der Waals surface area contributed by atoms with E-state index in [1.807, 2.05) is 0 Å². The van der Waals surface area contributed by atoms with E-state index in [1.165, 1.54) is 0 Å². The molecule has 1 aromatic heterocycles. The summed E-state index contributed by atoms with van der Waals surface area (Å²) in [7, 11) is 0. The second-order valence-corrected chi connectivity index (χ2v) is 3.83. The van der Waals surface area contributed by atoms with Crippen LogP contribution in [0.2, 0.25) is 0 Å². The molecule has 0 spiro atoms. The van der Waals surface area contributed by atoms with Crippen molar-refractivity contribution in [2.75, 3.05) is 0 Å². The summed E-state index contributed by atoms with van der Waals surface area (Å²) in [5.74, 6) is 0. The molecule has 1 aromatic rings. The number of aromatic nitrogens is 1. The van der Waals surface area contributed by atoms with Gasteiger partial charge in [0.1, 0.15) is 11.1 Å². The van der Waals surface area contributed by atoms with Gasteiger partial charge < -0.3 is 10.2 Å². The molecule has 0 bridgehead atoms. The average molecular weight is 252 g/mol. The first kappa shape index (κ1) is 12.9. The molecule has 0 radical (unpaired) electrons. The highest BCUT2D eigenvalue weighted by molar-refractivity contribution is 7.09. The molecule has 0 saturated heterocycles. The van der Waals surface area contributed by atoms with Crippen molar-refractivity contribution < 1.29 is 23.4 Å². The molecule has 8 heteroatoms. The zero-order valence-electron chi connectivity index (χ0n) is 7.77. The van der Waals surface area contributed by atoms with Crippen LogP contribution in [-0.4, -0.2) is 21.3 Å². The van der Waals surface area contributed by atoms with Crippen LogP contribution < -0.4 is 0 Å². The maximum absolute atomic E-state index is 12.2. The minimum absolute atomic E-state index is 0.255. The van der Waals surface area contributed by atoms with E-state index in [0.717, 1.165) is 5.38 Å². The predicted octanol–water partition coefficient (Wildman–Crippen LogP) is 1.47. The molecule has 0 aliphatic rings.